The molecular weight excluding hydrogens is 470 g/mol. The lowest BCUT2D eigenvalue weighted by Gasteiger charge is -2.39. The highest BCUT2D eigenvalue weighted by atomic mass is 16.2. The number of fused-ring (bicyclic) bond motifs is 1. The molecule has 0 bridgehead atoms. The molecule has 196 valence electrons. The number of nitrogens with zero attached hydrogens (tertiary/aromatic N) is 8. The second kappa shape index (κ2) is 10.8. The fourth-order valence-electron chi connectivity index (χ4n) is 5.22. The number of carbonyl (C=O) groups excluding carboxylic acids is 1. The molecule has 2 aliphatic heterocycles. The molecule has 0 aromatic carbocycles. The van der Waals surface area contributed by atoms with Gasteiger partial charge in [-0.3, -0.25) is 23.7 Å². The van der Waals surface area contributed by atoms with Crippen LogP contribution in [0.4, 0.5) is 11.6 Å². The van der Waals surface area contributed by atoms with Gasteiger partial charge in [0.15, 0.2) is 0 Å². The normalized spacial score (nSPS) is 19.8. The minimum Gasteiger partial charge on any atom is -0.336 e. The number of nitrogens with one attached hydrogen (secondary N) is 1. The van der Waals surface area contributed by atoms with Gasteiger partial charge in [0.05, 0.1) is 17.9 Å². The molecular formula is C26H35N9O2. The summed E-state index contributed by atoms with van der Waals surface area (Å²) in [6, 6.07) is 3.91. The summed E-state index contributed by atoms with van der Waals surface area (Å²) >= 11 is 0. The van der Waals surface area contributed by atoms with Gasteiger partial charge in [-0.2, -0.15) is 10.1 Å². The van der Waals surface area contributed by atoms with Crippen LogP contribution in [0.2, 0.25) is 0 Å². The second-order valence-corrected chi connectivity index (χ2v) is 10.0. The minimum absolute atomic E-state index is 0.0367. The van der Waals surface area contributed by atoms with Gasteiger partial charge < -0.3 is 15.1 Å². The molecule has 1 N–H and O–H groups in total. The van der Waals surface area contributed by atoms with Crippen molar-refractivity contribution in [3.05, 3.63) is 53.7 Å². The number of rotatable bonds is 7. The first-order valence-electron chi connectivity index (χ1n) is 12.9. The van der Waals surface area contributed by atoms with Crippen LogP contribution in [0.15, 0.2) is 48.2 Å². The van der Waals surface area contributed by atoms with Gasteiger partial charge in [-0.05, 0) is 52.0 Å². The Morgan fingerprint density at radius 3 is 2.73 bits per heavy atom. The Kier molecular flexibility index (Phi) is 7.33. The zero-order chi connectivity index (χ0) is 25.9. The van der Waals surface area contributed by atoms with Crippen molar-refractivity contribution in [2.45, 2.75) is 38.4 Å². The van der Waals surface area contributed by atoms with Crippen LogP contribution in [-0.2, 0) is 11.3 Å². The SMILES string of the molecule is C=CC(=O)N1CCN(CCn2c(=O)ccc3cnc(Nc4cnn(C5CCN(C)CC5)c4)nc32)[C@@H](C)C1. The number of carbonyl (C=O) groups is 1. The standard InChI is InChI=1S/C26H35N9O2/c1-4-23(36)33-12-11-32(19(2)17-33)13-14-34-24(37)6-5-20-15-27-26(30-25(20)34)29-21-16-28-35(18-21)22-7-9-31(3)10-8-22/h4-6,15-16,18-19,22H,1,7-14,17H2,2-3H3,(H,27,29,30)/t19-/m0/s1. The summed E-state index contributed by atoms with van der Waals surface area (Å²) in [7, 11) is 2.15. The third-order valence-electron chi connectivity index (χ3n) is 7.51. The van der Waals surface area contributed by atoms with E-state index in [0.717, 1.165) is 43.5 Å². The summed E-state index contributed by atoms with van der Waals surface area (Å²) < 4.78 is 3.73. The van der Waals surface area contributed by atoms with Crippen molar-refractivity contribution >= 4 is 28.6 Å². The first kappa shape index (κ1) is 25.1. The molecule has 11 heteroatoms. The summed E-state index contributed by atoms with van der Waals surface area (Å²) in [5.74, 6) is 0.394. The van der Waals surface area contributed by atoms with Gasteiger partial charge in [0.1, 0.15) is 5.65 Å². The Hall–Kier alpha value is -3.57. The average molecular weight is 506 g/mol. The van der Waals surface area contributed by atoms with Crippen LogP contribution in [0.5, 0.6) is 0 Å². The molecule has 11 nitrogen and oxygen atoms in total. The maximum Gasteiger partial charge on any atom is 0.252 e. The fourth-order valence-corrected chi connectivity index (χ4v) is 5.22. The van der Waals surface area contributed by atoms with Gasteiger partial charge in [-0.15, -0.1) is 0 Å². The van der Waals surface area contributed by atoms with Crippen LogP contribution in [0.25, 0.3) is 11.0 Å². The molecule has 2 saturated heterocycles. The molecule has 0 radical (unpaired) electrons. The van der Waals surface area contributed by atoms with Crippen LogP contribution < -0.4 is 10.9 Å². The second-order valence-electron chi connectivity index (χ2n) is 10.0. The molecule has 2 aliphatic rings. The number of aromatic nitrogens is 5. The summed E-state index contributed by atoms with van der Waals surface area (Å²) in [5, 5.41) is 8.62. The molecule has 1 amide bonds. The highest BCUT2D eigenvalue weighted by molar-refractivity contribution is 5.87. The van der Waals surface area contributed by atoms with Crippen molar-refractivity contribution in [1.29, 1.82) is 0 Å². The fraction of sp³-hybridized carbons (Fsp3) is 0.500. The van der Waals surface area contributed by atoms with Crippen LogP contribution in [0.3, 0.4) is 0 Å². The molecule has 3 aromatic rings. The molecule has 0 unspecified atom stereocenters. The lowest BCUT2D eigenvalue weighted by Crippen LogP contribution is -2.54. The largest absolute Gasteiger partial charge is 0.336 e. The van der Waals surface area contributed by atoms with Gasteiger partial charge in [0.2, 0.25) is 11.9 Å². The average Bonchev–Trinajstić information content (AvgIpc) is 3.37. The van der Waals surface area contributed by atoms with Gasteiger partial charge in [0, 0.05) is 62.6 Å². The van der Waals surface area contributed by atoms with E-state index in [4.69, 9.17) is 4.98 Å². The lowest BCUT2D eigenvalue weighted by molar-refractivity contribution is -0.128. The Labute approximate surface area is 216 Å². The van der Waals surface area contributed by atoms with E-state index in [1.54, 1.807) is 29.1 Å². The Morgan fingerprint density at radius 1 is 1.16 bits per heavy atom. The molecule has 37 heavy (non-hydrogen) atoms. The minimum atomic E-state index is -0.0969. The van der Waals surface area contributed by atoms with Gasteiger partial charge in [-0.25, -0.2) is 4.98 Å². The first-order chi connectivity index (χ1) is 17.9. The Bertz CT molecular complexity index is 1330. The van der Waals surface area contributed by atoms with Crippen LogP contribution in [-0.4, -0.2) is 97.3 Å². The van der Waals surface area contributed by atoms with Crippen molar-refractivity contribution in [2.24, 2.45) is 0 Å². The maximum absolute atomic E-state index is 12.8. The Balaban J connectivity index is 1.29. The zero-order valence-electron chi connectivity index (χ0n) is 21.6. The molecule has 3 aromatic heterocycles. The van der Waals surface area contributed by atoms with E-state index in [2.05, 4.69) is 45.7 Å². The molecule has 2 fully saturated rings. The molecule has 5 rings (SSSR count). The quantitative estimate of drug-likeness (QED) is 0.484. The van der Waals surface area contributed by atoms with E-state index in [-0.39, 0.29) is 17.5 Å². The Morgan fingerprint density at radius 2 is 1.97 bits per heavy atom. The lowest BCUT2D eigenvalue weighted by atomic mass is 10.1. The van der Waals surface area contributed by atoms with Gasteiger partial charge in [0.25, 0.3) is 5.56 Å². The van der Waals surface area contributed by atoms with Crippen LogP contribution in [0.1, 0.15) is 25.8 Å². The molecule has 0 aliphatic carbocycles. The monoisotopic (exact) mass is 505 g/mol. The molecule has 0 spiro atoms. The smallest absolute Gasteiger partial charge is 0.252 e. The number of hydrogen-bond donors (Lipinski definition) is 1. The van der Waals surface area contributed by atoms with E-state index >= 15 is 0 Å². The number of amides is 1. The van der Waals surface area contributed by atoms with Gasteiger partial charge in [-0.1, -0.05) is 6.58 Å². The van der Waals surface area contributed by atoms with E-state index in [1.165, 1.54) is 6.08 Å². The summed E-state index contributed by atoms with van der Waals surface area (Å²) in [5.41, 5.74) is 1.32. The number of likely N-dealkylation sites (tertiary alicyclic amines) is 1. The number of anilines is 2. The van der Waals surface area contributed by atoms with E-state index < -0.39 is 0 Å². The number of hydrogen-bond acceptors (Lipinski definition) is 8. The summed E-state index contributed by atoms with van der Waals surface area (Å²) in [4.78, 5) is 40.4. The van der Waals surface area contributed by atoms with E-state index in [0.29, 0.717) is 43.8 Å². The van der Waals surface area contributed by atoms with Crippen LogP contribution >= 0.6 is 0 Å². The van der Waals surface area contributed by atoms with E-state index in [9.17, 15) is 9.59 Å². The third-order valence-corrected chi connectivity index (χ3v) is 7.51. The predicted molar refractivity (Wildman–Crippen MR) is 143 cm³/mol. The van der Waals surface area contributed by atoms with Crippen LogP contribution in [0, 0.1) is 0 Å². The first-order valence-corrected chi connectivity index (χ1v) is 12.9. The third kappa shape index (κ3) is 5.57. The molecule has 5 heterocycles. The van der Waals surface area contributed by atoms with Crippen molar-refractivity contribution in [3.63, 3.8) is 0 Å². The topological polar surface area (TPSA) is 104 Å². The van der Waals surface area contributed by atoms with Crippen molar-refractivity contribution in [1.82, 2.24) is 39.0 Å². The highest BCUT2D eigenvalue weighted by Gasteiger charge is 2.25. The number of piperidine rings is 1. The van der Waals surface area contributed by atoms with Gasteiger partial charge >= 0.3 is 0 Å². The molecule has 1 atom stereocenters. The predicted octanol–water partition coefficient (Wildman–Crippen LogP) is 1.72. The summed E-state index contributed by atoms with van der Waals surface area (Å²) in [6.07, 6.45) is 9.05. The van der Waals surface area contributed by atoms with Crippen molar-refractivity contribution in [2.75, 3.05) is 51.6 Å². The zero-order valence-corrected chi connectivity index (χ0v) is 21.6. The van der Waals surface area contributed by atoms with Crippen molar-refractivity contribution in [3.8, 4) is 0 Å². The maximum atomic E-state index is 12.8. The molecule has 0 saturated carbocycles. The number of pyridine rings is 1. The highest BCUT2D eigenvalue weighted by Crippen LogP contribution is 2.23. The van der Waals surface area contributed by atoms with E-state index in [1.807, 2.05) is 15.8 Å². The summed E-state index contributed by atoms with van der Waals surface area (Å²) in [6.45, 7) is 11.1. The number of piperazine rings is 1. The van der Waals surface area contributed by atoms with Crippen molar-refractivity contribution < 1.29 is 4.79 Å².